The molecule has 1 spiro atoms. The van der Waals surface area contributed by atoms with Crippen LogP contribution in [0, 0.1) is 0 Å². The summed E-state index contributed by atoms with van der Waals surface area (Å²) in [4.78, 5) is 38.4. The summed E-state index contributed by atoms with van der Waals surface area (Å²) >= 11 is 0. The fraction of sp³-hybridized carbons (Fsp3) is 0.444. The molecule has 0 atom stereocenters. The molecule has 1 aliphatic heterocycles. The second-order valence-electron chi connectivity index (χ2n) is 6.97. The van der Waals surface area contributed by atoms with Crippen molar-refractivity contribution in [3.05, 3.63) is 24.4 Å². The number of H-pyrrole nitrogens is 1. The van der Waals surface area contributed by atoms with Crippen LogP contribution in [0.3, 0.4) is 0 Å². The normalized spacial score (nSPS) is 19.2. The number of rotatable bonds is 4. The molecule has 3 N–H and O–H groups in total. The van der Waals surface area contributed by atoms with Crippen LogP contribution >= 0.6 is 0 Å². The number of aromatic amines is 1. The number of nitrogens with one attached hydrogen (secondary N) is 3. The number of amides is 4. The zero-order valence-electron chi connectivity index (χ0n) is 14.4. The lowest BCUT2D eigenvalue weighted by atomic mass is 9.82. The molecule has 1 aromatic carbocycles. The van der Waals surface area contributed by atoms with E-state index in [1.54, 1.807) is 12.3 Å². The van der Waals surface area contributed by atoms with Gasteiger partial charge in [-0.1, -0.05) is 31.4 Å². The molecule has 136 valence electrons. The topological polar surface area (TPSA) is 107 Å². The number of anilines is 1. The number of carbonyl (C=O) groups is 3. The summed E-state index contributed by atoms with van der Waals surface area (Å²) in [6, 6.07) is 5.12. The number of para-hydroxylation sites is 1. The Morgan fingerprint density at radius 2 is 2.04 bits per heavy atom. The van der Waals surface area contributed by atoms with Crippen molar-refractivity contribution in [3.63, 3.8) is 0 Å². The smallest absolute Gasteiger partial charge is 0.324 e. The number of hydrogen-bond donors (Lipinski definition) is 3. The Bertz CT molecular complexity index is 869. The van der Waals surface area contributed by atoms with Crippen LogP contribution < -0.4 is 10.6 Å². The molecule has 26 heavy (non-hydrogen) atoms. The van der Waals surface area contributed by atoms with Gasteiger partial charge in [-0.05, 0) is 18.9 Å². The Morgan fingerprint density at radius 3 is 2.85 bits per heavy atom. The molecule has 1 aliphatic carbocycles. The van der Waals surface area contributed by atoms with Crippen molar-refractivity contribution in [1.82, 2.24) is 20.4 Å². The highest BCUT2D eigenvalue weighted by molar-refractivity contribution is 6.07. The summed E-state index contributed by atoms with van der Waals surface area (Å²) in [5, 5.41) is 13.4. The van der Waals surface area contributed by atoms with E-state index in [-0.39, 0.29) is 30.8 Å². The first kappa shape index (κ1) is 16.6. The molecule has 0 unspecified atom stereocenters. The zero-order valence-corrected chi connectivity index (χ0v) is 14.4. The Morgan fingerprint density at radius 1 is 1.23 bits per heavy atom. The zero-order chi connectivity index (χ0) is 18.1. The van der Waals surface area contributed by atoms with Gasteiger partial charge in [0.05, 0.1) is 17.4 Å². The molecule has 0 bridgehead atoms. The minimum Gasteiger partial charge on any atom is -0.324 e. The molecule has 8 nitrogen and oxygen atoms in total. The van der Waals surface area contributed by atoms with Gasteiger partial charge < -0.3 is 10.6 Å². The number of nitrogens with zero attached hydrogens (tertiary/aromatic N) is 2. The van der Waals surface area contributed by atoms with Crippen LogP contribution in [0.15, 0.2) is 24.4 Å². The van der Waals surface area contributed by atoms with Crippen LogP contribution in [0.1, 0.15) is 38.5 Å². The average molecular weight is 355 g/mol. The standard InChI is InChI=1S/C18H21N5O3/c24-14(20-13-6-4-5-12-11-19-22-15(12)13)7-10-23-16(25)18(21-17(23)26)8-2-1-3-9-18/h4-6,11H,1-3,7-10H2,(H,19,22)(H,20,24)(H,21,26). The highest BCUT2D eigenvalue weighted by Gasteiger charge is 2.51. The van der Waals surface area contributed by atoms with Gasteiger partial charge in [-0.15, -0.1) is 0 Å². The summed E-state index contributed by atoms with van der Waals surface area (Å²) in [6.07, 6.45) is 6.07. The molecule has 1 saturated carbocycles. The van der Waals surface area contributed by atoms with Crippen LogP contribution in [0.2, 0.25) is 0 Å². The summed E-state index contributed by atoms with van der Waals surface area (Å²) in [5.74, 6) is -0.442. The first-order valence-electron chi connectivity index (χ1n) is 8.95. The van der Waals surface area contributed by atoms with Crippen molar-refractivity contribution in [2.24, 2.45) is 0 Å². The number of fused-ring (bicyclic) bond motifs is 1. The van der Waals surface area contributed by atoms with Crippen molar-refractivity contribution in [2.45, 2.75) is 44.1 Å². The number of urea groups is 1. The highest BCUT2D eigenvalue weighted by Crippen LogP contribution is 2.33. The van der Waals surface area contributed by atoms with Gasteiger partial charge in [0.2, 0.25) is 5.91 Å². The lowest BCUT2D eigenvalue weighted by Gasteiger charge is -2.30. The first-order chi connectivity index (χ1) is 12.6. The third kappa shape index (κ3) is 2.81. The largest absolute Gasteiger partial charge is 0.325 e. The second-order valence-corrected chi connectivity index (χ2v) is 6.97. The maximum absolute atomic E-state index is 12.7. The molecule has 1 aromatic heterocycles. The number of imide groups is 1. The van der Waals surface area contributed by atoms with Gasteiger partial charge in [0.25, 0.3) is 5.91 Å². The van der Waals surface area contributed by atoms with Gasteiger partial charge in [-0.2, -0.15) is 5.10 Å². The highest BCUT2D eigenvalue weighted by atomic mass is 16.2. The van der Waals surface area contributed by atoms with Crippen molar-refractivity contribution >= 4 is 34.4 Å². The minimum absolute atomic E-state index is 0.0553. The van der Waals surface area contributed by atoms with E-state index >= 15 is 0 Å². The van der Waals surface area contributed by atoms with E-state index in [2.05, 4.69) is 20.8 Å². The molecule has 2 aliphatic rings. The third-order valence-corrected chi connectivity index (χ3v) is 5.27. The van der Waals surface area contributed by atoms with Crippen LogP contribution in [-0.4, -0.2) is 45.0 Å². The molecular weight excluding hydrogens is 334 g/mol. The number of carbonyl (C=O) groups excluding carboxylic acids is 3. The Balaban J connectivity index is 1.39. The summed E-state index contributed by atoms with van der Waals surface area (Å²) in [6.45, 7) is 0.0806. The summed E-state index contributed by atoms with van der Waals surface area (Å²) < 4.78 is 0. The van der Waals surface area contributed by atoms with Gasteiger partial charge in [0.1, 0.15) is 5.54 Å². The van der Waals surface area contributed by atoms with E-state index in [0.717, 1.165) is 30.2 Å². The lowest BCUT2D eigenvalue weighted by Crippen LogP contribution is -2.48. The maximum Gasteiger partial charge on any atom is 0.325 e. The maximum atomic E-state index is 12.7. The van der Waals surface area contributed by atoms with Crippen LogP contribution in [0.5, 0.6) is 0 Å². The monoisotopic (exact) mass is 355 g/mol. The van der Waals surface area contributed by atoms with Gasteiger partial charge in [-0.3, -0.25) is 19.6 Å². The molecular formula is C18H21N5O3. The van der Waals surface area contributed by atoms with Gasteiger partial charge in [0, 0.05) is 18.4 Å². The lowest BCUT2D eigenvalue weighted by molar-refractivity contribution is -0.132. The van der Waals surface area contributed by atoms with Crippen LogP contribution in [-0.2, 0) is 9.59 Å². The third-order valence-electron chi connectivity index (χ3n) is 5.27. The van der Waals surface area contributed by atoms with E-state index in [0.29, 0.717) is 18.5 Å². The molecule has 4 amide bonds. The Kier molecular flexibility index (Phi) is 4.10. The van der Waals surface area contributed by atoms with Crippen LogP contribution in [0.25, 0.3) is 10.9 Å². The van der Waals surface area contributed by atoms with Crippen molar-refractivity contribution in [2.75, 3.05) is 11.9 Å². The Hall–Kier alpha value is -2.90. The SMILES string of the molecule is O=C(CCN1C(=O)NC2(CCCCC2)C1=O)Nc1cccc2cn[nH]c12. The first-order valence-corrected chi connectivity index (χ1v) is 8.95. The predicted molar refractivity (Wildman–Crippen MR) is 95.4 cm³/mol. The molecule has 1 saturated heterocycles. The van der Waals surface area contributed by atoms with Crippen molar-refractivity contribution in [3.8, 4) is 0 Å². The van der Waals surface area contributed by atoms with Crippen molar-refractivity contribution < 1.29 is 14.4 Å². The Labute approximate surface area is 150 Å². The molecule has 2 heterocycles. The summed E-state index contributed by atoms with van der Waals surface area (Å²) in [5.41, 5.74) is 0.635. The number of aromatic nitrogens is 2. The molecule has 4 rings (SSSR count). The van der Waals surface area contributed by atoms with Gasteiger partial charge >= 0.3 is 6.03 Å². The molecule has 2 aromatic rings. The molecule has 8 heteroatoms. The van der Waals surface area contributed by atoms with E-state index in [1.165, 1.54) is 4.90 Å². The fourth-order valence-corrected chi connectivity index (χ4v) is 3.87. The molecule has 0 radical (unpaired) electrons. The van der Waals surface area contributed by atoms with Crippen molar-refractivity contribution in [1.29, 1.82) is 0 Å². The minimum atomic E-state index is -0.743. The average Bonchev–Trinajstić information content (AvgIpc) is 3.19. The van der Waals surface area contributed by atoms with E-state index in [4.69, 9.17) is 0 Å². The van der Waals surface area contributed by atoms with Crippen LogP contribution in [0.4, 0.5) is 10.5 Å². The van der Waals surface area contributed by atoms with E-state index < -0.39 is 5.54 Å². The van der Waals surface area contributed by atoms with Gasteiger partial charge in [-0.25, -0.2) is 4.79 Å². The fourth-order valence-electron chi connectivity index (χ4n) is 3.87. The molecule has 2 fully saturated rings. The quantitative estimate of drug-likeness (QED) is 0.730. The predicted octanol–water partition coefficient (Wildman–Crippen LogP) is 2.15. The summed E-state index contributed by atoms with van der Waals surface area (Å²) in [7, 11) is 0. The number of benzene rings is 1. The van der Waals surface area contributed by atoms with E-state index in [9.17, 15) is 14.4 Å². The van der Waals surface area contributed by atoms with E-state index in [1.807, 2.05) is 12.1 Å². The van der Waals surface area contributed by atoms with Gasteiger partial charge in [0.15, 0.2) is 0 Å². The second kappa shape index (κ2) is 6.44. The number of hydrogen-bond acceptors (Lipinski definition) is 4.